The lowest BCUT2D eigenvalue weighted by atomic mass is 9.95. The van der Waals surface area contributed by atoms with Crippen LogP contribution in [-0.4, -0.2) is 35.4 Å². The number of Topliss-reactive ketones (excluding diaryl/α,β-unsaturated/α-hetero) is 1. The molecular weight excluding hydrogens is 490 g/mol. The second-order valence-electron chi connectivity index (χ2n) is 8.87. The molecule has 37 heavy (non-hydrogen) atoms. The highest BCUT2D eigenvalue weighted by molar-refractivity contribution is 6.46. The van der Waals surface area contributed by atoms with Crippen LogP contribution in [-0.2, 0) is 16.1 Å². The third kappa shape index (κ3) is 5.81. The van der Waals surface area contributed by atoms with Gasteiger partial charge in [-0.2, -0.15) is 0 Å². The maximum atomic E-state index is 13.3. The Bertz CT molecular complexity index is 1280. The molecule has 1 amide bonds. The van der Waals surface area contributed by atoms with Gasteiger partial charge in [0.05, 0.1) is 31.9 Å². The Morgan fingerprint density at radius 1 is 0.973 bits per heavy atom. The molecule has 0 spiro atoms. The van der Waals surface area contributed by atoms with Gasteiger partial charge in [0.1, 0.15) is 17.3 Å². The van der Waals surface area contributed by atoms with Gasteiger partial charge in [-0.3, -0.25) is 9.59 Å². The predicted molar refractivity (Wildman–Crippen MR) is 144 cm³/mol. The molecule has 192 valence electrons. The third-order valence-electron chi connectivity index (χ3n) is 6.40. The molecule has 1 heterocycles. The fourth-order valence-corrected chi connectivity index (χ4v) is 4.58. The number of benzene rings is 3. The molecule has 3 aromatic carbocycles. The first-order valence-corrected chi connectivity index (χ1v) is 12.7. The lowest BCUT2D eigenvalue weighted by Crippen LogP contribution is -2.29. The van der Waals surface area contributed by atoms with E-state index in [1.165, 1.54) is 4.90 Å². The number of ketones is 1. The number of para-hydroxylation sites is 1. The van der Waals surface area contributed by atoms with E-state index in [1.54, 1.807) is 61.7 Å². The molecule has 0 aliphatic carbocycles. The number of likely N-dealkylation sites (tertiary alicyclic amines) is 1. The molecule has 1 aliphatic rings. The van der Waals surface area contributed by atoms with Crippen molar-refractivity contribution in [3.8, 4) is 11.5 Å². The van der Waals surface area contributed by atoms with Gasteiger partial charge in [0, 0.05) is 16.1 Å². The summed E-state index contributed by atoms with van der Waals surface area (Å²) in [7, 11) is 1.56. The summed E-state index contributed by atoms with van der Waals surface area (Å²) in [4.78, 5) is 28.0. The first kappa shape index (κ1) is 26.3. The molecular formula is C30H30ClNO5. The summed E-state index contributed by atoms with van der Waals surface area (Å²) in [6.07, 6.45) is 3.17. The molecule has 6 nitrogen and oxygen atoms in total. The van der Waals surface area contributed by atoms with Gasteiger partial charge in [-0.05, 0) is 54.4 Å². The molecule has 1 fully saturated rings. The number of carbonyl (C=O) groups excluding carboxylic acids is 2. The molecule has 0 bridgehead atoms. The Balaban J connectivity index is 1.72. The number of halogens is 1. The Morgan fingerprint density at radius 3 is 2.35 bits per heavy atom. The molecule has 1 unspecified atom stereocenters. The number of carbonyl (C=O) groups is 2. The van der Waals surface area contributed by atoms with Crippen LogP contribution in [0.15, 0.2) is 78.4 Å². The van der Waals surface area contributed by atoms with Crippen LogP contribution in [0.3, 0.4) is 0 Å². The molecule has 7 heteroatoms. The van der Waals surface area contributed by atoms with Gasteiger partial charge in [0.25, 0.3) is 11.7 Å². The van der Waals surface area contributed by atoms with E-state index in [0.29, 0.717) is 34.3 Å². The quantitative estimate of drug-likeness (QED) is 0.142. The fraction of sp³-hybridized carbons (Fsp3) is 0.267. The maximum Gasteiger partial charge on any atom is 0.295 e. The molecule has 1 N–H and O–H groups in total. The molecule has 1 atom stereocenters. The smallest absolute Gasteiger partial charge is 0.295 e. The Hall–Kier alpha value is -3.77. The number of nitrogens with zero attached hydrogens (tertiary/aromatic N) is 1. The summed E-state index contributed by atoms with van der Waals surface area (Å²) < 4.78 is 11.2. The van der Waals surface area contributed by atoms with Gasteiger partial charge in [-0.15, -0.1) is 0 Å². The monoisotopic (exact) mass is 519 g/mol. The third-order valence-corrected chi connectivity index (χ3v) is 6.66. The van der Waals surface area contributed by atoms with Gasteiger partial charge in [0.2, 0.25) is 0 Å². The van der Waals surface area contributed by atoms with Crippen molar-refractivity contribution in [2.45, 2.75) is 38.8 Å². The van der Waals surface area contributed by atoms with Crippen molar-refractivity contribution in [1.82, 2.24) is 4.90 Å². The number of unbranched alkanes of at least 4 members (excludes halogenated alkanes) is 2. The Kier molecular flexibility index (Phi) is 8.51. The highest BCUT2D eigenvalue weighted by atomic mass is 35.5. The van der Waals surface area contributed by atoms with E-state index in [1.807, 2.05) is 18.2 Å². The molecule has 0 saturated carbocycles. The zero-order valence-corrected chi connectivity index (χ0v) is 21.7. The van der Waals surface area contributed by atoms with Crippen molar-refractivity contribution in [2.75, 3.05) is 13.7 Å². The van der Waals surface area contributed by atoms with Crippen LogP contribution in [0.5, 0.6) is 11.5 Å². The molecule has 1 saturated heterocycles. The van der Waals surface area contributed by atoms with Crippen LogP contribution in [0.25, 0.3) is 5.76 Å². The van der Waals surface area contributed by atoms with Crippen LogP contribution in [0.2, 0.25) is 5.02 Å². The highest BCUT2D eigenvalue weighted by Gasteiger charge is 2.46. The molecule has 1 aliphatic heterocycles. The minimum absolute atomic E-state index is 0.0267. The number of amides is 1. The summed E-state index contributed by atoms with van der Waals surface area (Å²) >= 11 is 6.11. The molecule has 0 aromatic heterocycles. The summed E-state index contributed by atoms with van der Waals surface area (Å²) in [5.74, 6) is -0.388. The van der Waals surface area contributed by atoms with Gasteiger partial charge in [-0.1, -0.05) is 61.7 Å². The van der Waals surface area contributed by atoms with Gasteiger partial charge in [0.15, 0.2) is 0 Å². The molecule has 4 rings (SSSR count). The lowest BCUT2D eigenvalue weighted by Gasteiger charge is -2.26. The van der Waals surface area contributed by atoms with E-state index in [0.717, 1.165) is 24.8 Å². The van der Waals surface area contributed by atoms with Crippen molar-refractivity contribution >= 4 is 29.1 Å². The predicted octanol–water partition coefficient (Wildman–Crippen LogP) is 6.54. The molecule has 0 radical (unpaired) electrons. The number of hydrogen-bond donors (Lipinski definition) is 1. The lowest BCUT2D eigenvalue weighted by molar-refractivity contribution is -0.140. The number of aliphatic hydroxyl groups is 1. The van der Waals surface area contributed by atoms with Crippen LogP contribution in [0.1, 0.15) is 48.9 Å². The van der Waals surface area contributed by atoms with Crippen molar-refractivity contribution in [3.05, 3.63) is 100 Å². The van der Waals surface area contributed by atoms with Gasteiger partial charge in [-0.25, -0.2) is 0 Å². The number of ether oxygens (including phenoxy) is 2. The SMILES string of the molecule is CCCCCOc1ccc(/C(O)=C2\C(=O)C(=O)N(Cc3ccccc3OC)C2c2ccc(Cl)cc2)cc1. The van der Waals surface area contributed by atoms with Crippen LogP contribution in [0, 0.1) is 0 Å². The van der Waals surface area contributed by atoms with Gasteiger partial charge < -0.3 is 19.5 Å². The second kappa shape index (κ2) is 12.0. The van der Waals surface area contributed by atoms with Crippen molar-refractivity contribution in [3.63, 3.8) is 0 Å². The Morgan fingerprint density at radius 2 is 1.68 bits per heavy atom. The van der Waals surface area contributed by atoms with E-state index < -0.39 is 17.7 Å². The first-order chi connectivity index (χ1) is 17.9. The maximum absolute atomic E-state index is 13.3. The first-order valence-electron chi connectivity index (χ1n) is 12.3. The largest absolute Gasteiger partial charge is 0.507 e. The minimum Gasteiger partial charge on any atom is -0.507 e. The van der Waals surface area contributed by atoms with Crippen LogP contribution in [0.4, 0.5) is 0 Å². The topological polar surface area (TPSA) is 76.1 Å². The van der Waals surface area contributed by atoms with Gasteiger partial charge >= 0.3 is 0 Å². The van der Waals surface area contributed by atoms with Crippen LogP contribution < -0.4 is 9.47 Å². The summed E-state index contributed by atoms with van der Waals surface area (Å²) in [5, 5.41) is 11.8. The van der Waals surface area contributed by atoms with E-state index in [-0.39, 0.29) is 17.9 Å². The molecule has 3 aromatic rings. The summed E-state index contributed by atoms with van der Waals surface area (Å²) in [6.45, 7) is 2.88. The standard InChI is InChI=1S/C30H30ClNO5/c1-3-4-7-18-37-24-16-12-21(13-17-24)28(33)26-27(20-10-14-23(31)15-11-20)32(30(35)29(26)34)19-22-8-5-6-9-25(22)36-2/h5-6,8-17,27,33H,3-4,7,18-19H2,1-2H3/b28-26+. The average molecular weight is 520 g/mol. The van der Waals surface area contributed by atoms with Crippen molar-refractivity contribution in [2.24, 2.45) is 0 Å². The Labute approximate surface area is 222 Å². The van der Waals surface area contributed by atoms with E-state index >= 15 is 0 Å². The number of hydrogen-bond acceptors (Lipinski definition) is 5. The number of aliphatic hydroxyl groups excluding tert-OH is 1. The highest BCUT2D eigenvalue weighted by Crippen LogP contribution is 2.41. The van der Waals surface area contributed by atoms with Crippen LogP contribution >= 0.6 is 11.6 Å². The average Bonchev–Trinajstić information content (AvgIpc) is 3.17. The van der Waals surface area contributed by atoms with Crippen molar-refractivity contribution < 1.29 is 24.2 Å². The second-order valence-corrected chi connectivity index (χ2v) is 9.31. The zero-order valence-electron chi connectivity index (χ0n) is 20.9. The summed E-state index contributed by atoms with van der Waals surface area (Å²) in [6, 6.07) is 20.3. The summed E-state index contributed by atoms with van der Waals surface area (Å²) in [5.41, 5.74) is 1.86. The van der Waals surface area contributed by atoms with E-state index in [2.05, 4.69) is 6.92 Å². The number of rotatable bonds is 10. The van der Waals surface area contributed by atoms with E-state index in [4.69, 9.17) is 21.1 Å². The van der Waals surface area contributed by atoms with E-state index in [9.17, 15) is 14.7 Å². The minimum atomic E-state index is -0.799. The van der Waals surface area contributed by atoms with Crippen molar-refractivity contribution in [1.29, 1.82) is 0 Å². The normalized spacial score (nSPS) is 16.7. The fourth-order valence-electron chi connectivity index (χ4n) is 4.46. The zero-order chi connectivity index (χ0) is 26.4. The number of methoxy groups -OCH3 is 1.